The van der Waals surface area contributed by atoms with Crippen LogP contribution >= 0.6 is 11.6 Å². The molecule has 0 N–H and O–H groups in total. The number of hydrogen-bond acceptors (Lipinski definition) is 7. The molecule has 2 saturated heterocycles. The fourth-order valence-corrected chi connectivity index (χ4v) is 5.63. The standard InChI is InChI=1S/C29H33ClF3N5O2/c1-19(2)28(39)40-25-5-3-4-20-6-7-22(35-26(20)25)18-36-10-8-23(9-11-36)37-12-14-38(15-13-37)27-24(30)16-21(17-34-27)29(31,32)33/h3-7,16-17,19,23H,8-15,18H2,1-2H3. The number of anilines is 1. The molecule has 40 heavy (non-hydrogen) atoms. The number of hydrogen-bond donors (Lipinski definition) is 0. The first-order valence-electron chi connectivity index (χ1n) is 13.6. The van der Waals surface area contributed by atoms with Crippen LogP contribution in [-0.4, -0.2) is 71.0 Å². The largest absolute Gasteiger partial charge is 0.424 e. The molecule has 3 aromatic rings. The number of carbonyl (C=O) groups excluding carboxylic acids is 1. The molecule has 0 spiro atoms. The number of nitrogens with zero attached hydrogens (tertiary/aromatic N) is 5. The van der Waals surface area contributed by atoms with Crippen molar-refractivity contribution in [2.24, 2.45) is 5.92 Å². The second kappa shape index (κ2) is 11.9. The molecular weight excluding hydrogens is 543 g/mol. The third-order valence-corrected chi connectivity index (χ3v) is 7.92. The van der Waals surface area contributed by atoms with Crippen LogP contribution in [0.1, 0.15) is 37.9 Å². The molecule has 2 aliphatic rings. The number of ether oxygens (including phenoxy) is 1. The van der Waals surface area contributed by atoms with Crippen LogP contribution in [0.2, 0.25) is 5.02 Å². The number of carbonyl (C=O) groups is 1. The van der Waals surface area contributed by atoms with E-state index in [9.17, 15) is 18.0 Å². The molecule has 7 nitrogen and oxygen atoms in total. The van der Waals surface area contributed by atoms with Gasteiger partial charge in [-0.2, -0.15) is 13.2 Å². The monoisotopic (exact) mass is 575 g/mol. The molecule has 2 aliphatic heterocycles. The number of halogens is 4. The van der Waals surface area contributed by atoms with Crippen LogP contribution in [0.15, 0.2) is 42.6 Å². The fraction of sp³-hybridized carbons (Fsp3) is 0.483. The Kier molecular flexibility index (Phi) is 8.49. The van der Waals surface area contributed by atoms with Crippen LogP contribution in [0.4, 0.5) is 19.0 Å². The number of rotatable bonds is 6. The summed E-state index contributed by atoms with van der Waals surface area (Å²) in [5.41, 5.74) is 0.804. The number of benzene rings is 1. The van der Waals surface area contributed by atoms with E-state index in [0.29, 0.717) is 36.2 Å². The van der Waals surface area contributed by atoms with Crippen molar-refractivity contribution in [1.29, 1.82) is 0 Å². The molecule has 0 radical (unpaired) electrons. The minimum Gasteiger partial charge on any atom is -0.424 e. The van der Waals surface area contributed by atoms with Gasteiger partial charge < -0.3 is 9.64 Å². The van der Waals surface area contributed by atoms with Gasteiger partial charge in [0.25, 0.3) is 0 Å². The van der Waals surface area contributed by atoms with Crippen LogP contribution in [0.3, 0.4) is 0 Å². The lowest BCUT2D eigenvalue weighted by atomic mass is 10.0. The third-order valence-electron chi connectivity index (χ3n) is 7.64. The number of pyridine rings is 2. The molecule has 0 atom stereocenters. The summed E-state index contributed by atoms with van der Waals surface area (Å²) >= 11 is 6.16. The van der Waals surface area contributed by atoms with E-state index >= 15 is 0 Å². The third kappa shape index (κ3) is 6.50. The predicted molar refractivity (Wildman–Crippen MR) is 149 cm³/mol. The summed E-state index contributed by atoms with van der Waals surface area (Å²) in [6, 6.07) is 11.1. The maximum absolute atomic E-state index is 13.0. The van der Waals surface area contributed by atoms with Crippen molar-refractivity contribution in [3.05, 3.63) is 58.9 Å². The highest BCUT2D eigenvalue weighted by Crippen LogP contribution is 2.34. The molecule has 0 unspecified atom stereocenters. The molecule has 214 valence electrons. The van der Waals surface area contributed by atoms with Gasteiger partial charge in [-0.1, -0.05) is 43.6 Å². The van der Waals surface area contributed by atoms with E-state index in [1.54, 1.807) is 6.07 Å². The van der Waals surface area contributed by atoms with Gasteiger partial charge in [0.2, 0.25) is 0 Å². The first-order valence-corrected chi connectivity index (χ1v) is 14.0. The molecule has 4 heterocycles. The summed E-state index contributed by atoms with van der Waals surface area (Å²) in [6.45, 7) is 9.19. The Morgan fingerprint density at radius 3 is 2.45 bits per heavy atom. The van der Waals surface area contributed by atoms with E-state index in [1.165, 1.54) is 0 Å². The van der Waals surface area contributed by atoms with E-state index < -0.39 is 11.7 Å². The Labute approximate surface area is 236 Å². The minimum absolute atomic E-state index is 0.0316. The molecule has 0 amide bonds. The van der Waals surface area contributed by atoms with Crippen molar-refractivity contribution in [1.82, 2.24) is 19.8 Å². The molecule has 1 aromatic carbocycles. The van der Waals surface area contributed by atoms with Gasteiger partial charge in [-0.15, -0.1) is 0 Å². The zero-order valence-corrected chi connectivity index (χ0v) is 23.4. The highest BCUT2D eigenvalue weighted by Gasteiger charge is 2.33. The number of fused-ring (bicyclic) bond motifs is 1. The lowest BCUT2D eigenvalue weighted by Gasteiger charge is -2.43. The maximum atomic E-state index is 13.0. The predicted octanol–water partition coefficient (Wildman–Crippen LogP) is 5.65. The van der Waals surface area contributed by atoms with Crippen molar-refractivity contribution in [3.8, 4) is 5.75 Å². The number of alkyl halides is 3. The number of piperidine rings is 1. The number of piperazine rings is 1. The van der Waals surface area contributed by atoms with E-state index in [1.807, 2.05) is 43.0 Å². The van der Waals surface area contributed by atoms with Gasteiger partial charge >= 0.3 is 12.1 Å². The SMILES string of the molecule is CC(C)C(=O)Oc1cccc2ccc(CN3CCC(N4CCN(c5ncc(C(F)(F)F)cc5Cl)CC4)CC3)nc12. The topological polar surface area (TPSA) is 61.8 Å². The van der Waals surface area contributed by atoms with Gasteiger partial charge in [0.1, 0.15) is 11.3 Å². The number of aromatic nitrogens is 2. The number of para-hydroxylation sites is 1. The Bertz CT molecular complexity index is 1350. The van der Waals surface area contributed by atoms with Crippen LogP contribution in [0, 0.1) is 5.92 Å². The van der Waals surface area contributed by atoms with Crippen molar-refractivity contribution in [3.63, 3.8) is 0 Å². The summed E-state index contributed by atoms with van der Waals surface area (Å²) in [5.74, 6) is 0.404. The Morgan fingerprint density at radius 2 is 1.80 bits per heavy atom. The van der Waals surface area contributed by atoms with Crippen molar-refractivity contribution in [2.75, 3.05) is 44.2 Å². The van der Waals surface area contributed by atoms with Gasteiger partial charge in [-0.25, -0.2) is 9.97 Å². The van der Waals surface area contributed by atoms with Crippen molar-refractivity contribution < 1.29 is 22.7 Å². The van der Waals surface area contributed by atoms with Crippen LogP contribution < -0.4 is 9.64 Å². The van der Waals surface area contributed by atoms with E-state index in [0.717, 1.165) is 68.9 Å². The van der Waals surface area contributed by atoms with Crippen molar-refractivity contribution >= 4 is 34.3 Å². The second-order valence-electron chi connectivity index (χ2n) is 10.8. The molecule has 0 aliphatic carbocycles. The van der Waals surface area contributed by atoms with Gasteiger partial charge in [-0.05, 0) is 31.0 Å². The second-order valence-corrected chi connectivity index (χ2v) is 11.2. The Hall–Kier alpha value is -2.95. The van der Waals surface area contributed by atoms with E-state index in [2.05, 4.69) is 14.8 Å². The highest BCUT2D eigenvalue weighted by molar-refractivity contribution is 6.33. The minimum atomic E-state index is -4.46. The number of esters is 1. The van der Waals surface area contributed by atoms with Gasteiger partial charge in [-0.3, -0.25) is 14.6 Å². The average molecular weight is 576 g/mol. The molecule has 2 aromatic heterocycles. The summed E-state index contributed by atoms with van der Waals surface area (Å²) in [5, 5.41) is 0.965. The summed E-state index contributed by atoms with van der Waals surface area (Å²) in [4.78, 5) is 27.8. The first kappa shape index (κ1) is 28.6. The summed E-state index contributed by atoms with van der Waals surface area (Å²) in [6.07, 6.45) is -1.54. The van der Waals surface area contributed by atoms with Gasteiger partial charge in [0.15, 0.2) is 5.75 Å². The number of likely N-dealkylation sites (tertiary alicyclic amines) is 1. The zero-order chi connectivity index (χ0) is 28.4. The molecule has 2 fully saturated rings. The summed E-state index contributed by atoms with van der Waals surface area (Å²) in [7, 11) is 0. The zero-order valence-electron chi connectivity index (χ0n) is 22.6. The molecule has 0 saturated carbocycles. The molecule has 11 heteroatoms. The summed E-state index contributed by atoms with van der Waals surface area (Å²) < 4.78 is 44.4. The highest BCUT2D eigenvalue weighted by atomic mass is 35.5. The first-order chi connectivity index (χ1) is 19.1. The Balaban J connectivity index is 1.14. The van der Waals surface area contributed by atoms with Gasteiger partial charge in [0.05, 0.1) is 22.2 Å². The van der Waals surface area contributed by atoms with Gasteiger partial charge in [0, 0.05) is 63.4 Å². The molecule has 0 bridgehead atoms. The lowest BCUT2D eigenvalue weighted by molar-refractivity contribution is -0.138. The van der Waals surface area contributed by atoms with E-state index in [-0.39, 0.29) is 16.9 Å². The molecular formula is C29H33ClF3N5O2. The smallest absolute Gasteiger partial charge is 0.417 e. The van der Waals surface area contributed by atoms with Crippen LogP contribution in [0.25, 0.3) is 10.9 Å². The quantitative estimate of drug-likeness (QED) is 0.278. The lowest BCUT2D eigenvalue weighted by Crippen LogP contribution is -2.53. The normalized spacial score (nSPS) is 18.0. The maximum Gasteiger partial charge on any atom is 0.417 e. The van der Waals surface area contributed by atoms with Crippen LogP contribution in [-0.2, 0) is 17.5 Å². The fourth-order valence-electron chi connectivity index (χ4n) is 5.35. The van der Waals surface area contributed by atoms with Crippen LogP contribution in [0.5, 0.6) is 5.75 Å². The van der Waals surface area contributed by atoms with E-state index in [4.69, 9.17) is 21.3 Å². The molecule has 5 rings (SSSR count). The average Bonchev–Trinajstić information content (AvgIpc) is 2.93. The Morgan fingerprint density at radius 1 is 1.07 bits per heavy atom. The van der Waals surface area contributed by atoms with Crippen molar-refractivity contribution in [2.45, 2.75) is 45.5 Å².